The smallest absolute Gasteiger partial charge is 0.341 e. The van der Waals surface area contributed by atoms with Crippen LogP contribution >= 0.6 is 0 Å². The quantitative estimate of drug-likeness (QED) is 0.296. The van der Waals surface area contributed by atoms with E-state index in [4.69, 9.17) is 0 Å². The lowest BCUT2D eigenvalue weighted by atomic mass is 9.95. The van der Waals surface area contributed by atoms with Gasteiger partial charge in [0.1, 0.15) is 5.69 Å². The number of hydrogen-bond donors (Lipinski definition) is 0. The molecule has 5 nitrogen and oxygen atoms in total. The van der Waals surface area contributed by atoms with E-state index >= 15 is 0 Å². The number of piperidine rings is 1. The molecule has 0 radical (unpaired) electrons. The number of rotatable bonds is 6. The third-order valence-electron chi connectivity index (χ3n) is 7.42. The highest BCUT2D eigenvalue weighted by atomic mass is 19.4. The lowest BCUT2D eigenvalue weighted by molar-refractivity contribution is -0.137. The zero-order valence-electron chi connectivity index (χ0n) is 21.7. The first-order chi connectivity index (χ1) is 18.7. The average Bonchev–Trinajstić information content (AvgIpc) is 3.31. The Kier molecular flexibility index (Phi) is 7.46. The molecular weight excluding hydrogens is 503 g/mol. The second-order valence-electron chi connectivity index (χ2n) is 10.1. The highest BCUT2D eigenvalue weighted by Gasteiger charge is 2.32. The van der Waals surface area contributed by atoms with Gasteiger partial charge in [0.25, 0.3) is 5.91 Å². The van der Waals surface area contributed by atoms with E-state index in [1.54, 1.807) is 9.80 Å². The number of fused-ring (bicyclic) bond motifs is 1. The van der Waals surface area contributed by atoms with Gasteiger partial charge in [0.05, 0.1) is 5.56 Å². The minimum atomic E-state index is -4.40. The van der Waals surface area contributed by atoms with Crippen LogP contribution in [0.2, 0.25) is 0 Å². The first-order valence-corrected chi connectivity index (χ1v) is 13.0. The standard InChI is InChI=1S/C31H30F3N3O2/c1-35(20-22-7-3-2-4-8-22)29(38)24-15-17-36(18-16-24)30(39)28-19-25-9-5-6-10-27(25)37(28)21-23-11-13-26(14-12-23)31(32,33)34/h2-14,19,24H,15-18,20-21H2,1H3. The lowest BCUT2D eigenvalue weighted by Crippen LogP contribution is -2.43. The average molecular weight is 534 g/mol. The predicted molar refractivity (Wildman–Crippen MR) is 144 cm³/mol. The number of para-hydroxylation sites is 1. The molecule has 0 saturated carbocycles. The molecule has 0 atom stereocenters. The van der Waals surface area contributed by atoms with E-state index in [1.165, 1.54) is 12.1 Å². The van der Waals surface area contributed by atoms with Gasteiger partial charge in [-0.25, -0.2) is 0 Å². The molecule has 0 N–H and O–H groups in total. The lowest BCUT2D eigenvalue weighted by Gasteiger charge is -2.33. The number of aromatic nitrogens is 1. The molecule has 0 unspecified atom stereocenters. The van der Waals surface area contributed by atoms with Crippen LogP contribution in [0, 0.1) is 5.92 Å². The molecule has 0 aliphatic carbocycles. The van der Waals surface area contributed by atoms with Crippen LogP contribution in [0.4, 0.5) is 13.2 Å². The van der Waals surface area contributed by atoms with Crippen LogP contribution in [0.25, 0.3) is 10.9 Å². The molecule has 0 bridgehead atoms. The summed E-state index contributed by atoms with van der Waals surface area (Å²) in [4.78, 5) is 30.3. The van der Waals surface area contributed by atoms with Crippen molar-refractivity contribution >= 4 is 22.7 Å². The molecule has 5 rings (SSSR count). The van der Waals surface area contributed by atoms with Crippen molar-refractivity contribution in [3.8, 4) is 0 Å². The van der Waals surface area contributed by atoms with Crippen LogP contribution < -0.4 is 0 Å². The Balaban J connectivity index is 1.29. The Hall–Kier alpha value is -4.07. The van der Waals surface area contributed by atoms with Crippen molar-refractivity contribution in [1.82, 2.24) is 14.4 Å². The third-order valence-corrected chi connectivity index (χ3v) is 7.42. The molecule has 39 heavy (non-hydrogen) atoms. The molecule has 3 aromatic carbocycles. The molecule has 1 aliphatic rings. The van der Waals surface area contributed by atoms with Gasteiger partial charge in [-0.3, -0.25) is 9.59 Å². The summed E-state index contributed by atoms with van der Waals surface area (Å²) < 4.78 is 40.9. The number of alkyl halides is 3. The zero-order chi connectivity index (χ0) is 27.6. The molecule has 2 amide bonds. The number of carbonyl (C=O) groups is 2. The summed E-state index contributed by atoms with van der Waals surface area (Å²) >= 11 is 0. The number of nitrogens with zero attached hydrogens (tertiary/aromatic N) is 3. The van der Waals surface area contributed by atoms with Crippen molar-refractivity contribution in [3.05, 3.63) is 107 Å². The Morgan fingerprint density at radius 3 is 2.18 bits per heavy atom. The van der Waals surface area contributed by atoms with Gasteiger partial charge in [0.15, 0.2) is 0 Å². The Labute approximate surface area is 225 Å². The van der Waals surface area contributed by atoms with E-state index in [1.807, 2.05) is 72.3 Å². The molecule has 2 heterocycles. The van der Waals surface area contributed by atoms with Crippen LogP contribution in [0.15, 0.2) is 84.9 Å². The zero-order valence-corrected chi connectivity index (χ0v) is 21.7. The summed E-state index contributed by atoms with van der Waals surface area (Å²) in [5.74, 6) is -0.190. The van der Waals surface area contributed by atoms with Crippen LogP contribution in [0.1, 0.15) is 40.0 Å². The van der Waals surface area contributed by atoms with Gasteiger partial charge in [-0.15, -0.1) is 0 Å². The fraction of sp³-hybridized carbons (Fsp3) is 0.290. The van der Waals surface area contributed by atoms with Gasteiger partial charge in [0.2, 0.25) is 5.91 Å². The largest absolute Gasteiger partial charge is 0.416 e. The fourth-order valence-corrected chi connectivity index (χ4v) is 5.28. The van der Waals surface area contributed by atoms with Gasteiger partial charge >= 0.3 is 6.18 Å². The summed E-state index contributed by atoms with van der Waals surface area (Å²) in [7, 11) is 1.81. The number of amides is 2. The monoisotopic (exact) mass is 533 g/mol. The summed E-state index contributed by atoms with van der Waals surface area (Å²) in [6, 6.07) is 24.3. The third kappa shape index (κ3) is 5.85. The maximum atomic E-state index is 13.7. The number of halogens is 3. The Morgan fingerprint density at radius 1 is 0.872 bits per heavy atom. The fourth-order valence-electron chi connectivity index (χ4n) is 5.28. The normalized spacial score (nSPS) is 14.5. The van der Waals surface area contributed by atoms with E-state index < -0.39 is 11.7 Å². The van der Waals surface area contributed by atoms with Gasteiger partial charge in [0, 0.05) is 50.0 Å². The molecule has 1 fully saturated rings. The van der Waals surface area contributed by atoms with E-state index in [9.17, 15) is 22.8 Å². The van der Waals surface area contributed by atoms with Crippen molar-refractivity contribution in [2.24, 2.45) is 5.92 Å². The molecule has 202 valence electrons. The van der Waals surface area contributed by atoms with Crippen LogP contribution in [-0.2, 0) is 24.1 Å². The SMILES string of the molecule is CN(Cc1ccccc1)C(=O)C1CCN(C(=O)c2cc3ccccc3n2Cc2ccc(C(F)(F)F)cc2)CC1. The maximum Gasteiger partial charge on any atom is 0.416 e. The molecule has 8 heteroatoms. The first-order valence-electron chi connectivity index (χ1n) is 13.0. The van der Waals surface area contributed by atoms with E-state index in [0.29, 0.717) is 43.7 Å². The second-order valence-corrected chi connectivity index (χ2v) is 10.1. The van der Waals surface area contributed by atoms with Crippen LogP contribution in [0.3, 0.4) is 0 Å². The maximum absolute atomic E-state index is 13.7. The topological polar surface area (TPSA) is 45.6 Å². The number of benzene rings is 3. The number of carbonyl (C=O) groups excluding carboxylic acids is 2. The molecule has 0 spiro atoms. The molecule has 4 aromatic rings. The highest BCUT2D eigenvalue weighted by Crippen LogP contribution is 2.30. The summed E-state index contributed by atoms with van der Waals surface area (Å²) in [5.41, 5.74) is 2.37. The van der Waals surface area contributed by atoms with Crippen LogP contribution in [0.5, 0.6) is 0 Å². The summed E-state index contributed by atoms with van der Waals surface area (Å²) in [5, 5.41) is 0.889. The van der Waals surface area contributed by atoms with Crippen molar-refractivity contribution in [3.63, 3.8) is 0 Å². The van der Waals surface area contributed by atoms with Crippen LogP contribution in [-0.4, -0.2) is 46.3 Å². The summed E-state index contributed by atoms with van der Waals surface area (Å²) in [6.45, 7) is 1.75. The highest BCUT2D eigenvalue weighted by molar-refractivity contribution is 5.99. The Bertz CT molecular complexity index is 1450. The predicted octanol–water partition coefficient (Wildman–Crippen LogP) is 6.22. The minimum Gasteiger partial charge on any atom is -0.341 e. The molecule has 1 aliphatic heterocycles. The summed E-state index contributed by atoms with van der Waals surface area (Å²) in [6.07, 6.45) is -3.23. The second kappa shape index (κ2) is 11.0. The minimum absolute atomic E-state index is 0.0855. The molecular formula is C31H30F3N3O2. The van der Waals surface area contributed by atoms with Gasteiger partial charge in [-0.05, 0) is 48.2 Å². The number of likely N-dealkylation sites (tertiary alicyclic amines) is 1. The van der Waals surface area contributed by atoms with Crippen molar-refractivity contribution in [1.29, 1.82) is 0 Å². The Morgan fingerprint density at radius 2 is 1.51 bits per heavy atom. The molecule has 1 aromatic heterocycles. The number of hydrogen-bond acceptors (Lipinski definition) is 2. The molecule has 1 saturated heterocycles. The van der Waals surface area contributed by atoms with Crippen molar-refractivity contribution in [2.45, 2.75) is 32.1 Å². The van der Waals surface area contributed by atoms with E-state index in [2.05, 4.69) is 0 Å². The van der Waals surface area contributed by atoms with E-state index in [0.717, 1.165) is 28.6 Å². The van der Waals surface area contributed by atoms with Gasteiger partial charge in [-0.2, -0.15) is 13.2 Å². The van der Waals surface area contributed by atoms with Crippen molar-refractivity contribution in [2.75, 3.05) is 20.1 Å². The van der Waals surface area contributed by atoms with Gasteiger partial charge < -0.3 is 14.4 Å². The first kappa shape index (κ1) is 26.5. The van der Waals surface area contributed by atoms with Crippen molar-refractivity contribution < 1.29 is 22.8 Å². The van der Waals surface area contributed by atoms with Gasteiger partial charge in [-0.1, -0.05) is 60.7 Å². The van der Waals surface area contributed by atoms with E-state index in [-0.39, 0.29) is 24.3 Å².